The largest absolute Gasteiger partial charge is 0.497 e. The van der Waals surface area contributed by atoms with E-state index in [0.29, 0.717) is 17.4 Å². The van der Waals surface area contributed by atoms with Gasteiger partial charge in [-0.2, -0.15) is 0 Å². The third-order valence-corrected chi connectivity index (χ3v) is 6.26. The van der Waals surface area contributed by atoms with Crippen LogP contribution < -0.4 is 10.1 Å². The van der Waals surface area contributed by atoms with Crippen LogP contribution in [0.5, 0.6) is 5.75 Å². The Morgan fingerprint density at radius 1 is 1.29 bits per heavy atom. The van der Waals surface area contributed by atoms with Crippen LogP contribution in [0.4, 0.5) is 0 Å². The summed E-state index contributed by atoms with van der Waals surface area (Å²) in [7, 11) is 1.64. The minimum Gasteiger partial charge on any atom is -0.497 e. The van der Waals surface area contributed by atoms with E-state index in [2.05, 4.69) is 10.3 Å². The molecule has 0 aliphatic carbocycles. The molecule has 1 fully saturated rings. The zero-order valence-corrected chi connectivity index (χ0v) is 18.8. The number of halogens is 1. The number of ether oxygens (including phenoxy) is 2. The van der Waals surface area contributed by atoms with Crippen LogP contribution in [0.15, 0.2) is 53.6 Å². The van der Waals surface area contributed by atoms with Crippen molar-refractivity contribution >= 4 is 29.3 Å². The number of benzene rings is 2. The van der Waals surface area contributed by atoms with E-state index in [0.717, 1.165) is 47.0 Å². The van der Waals surface area contributed by atoms with Crippen LogP contribution in [0.1, 0.15) is 12.8 Å². The summed E-state index contributed by atoms with van der Waals surface area (Å²) >= 11 is 7.46. The lowest BCUT2D eigenvalue weighted by Gasteiger charge is -2.10. The Hall–Kier alpha value is -2.48. The van der Waals surface area contributed by atoms with Crippen LogP contribution in [0.25, 0.3) is 22.6 Å². The lowest BCUT2D eigenvalue weighted by Crippen LogP contribution is -2.32. The average Bonchev–Trinajstić information content (AvgIpc) is 3.47. The maximum atomic E-state index is 12.4. The van der Waals surface area contributed by atoms with Crippen LogP contribution in [0, 0.1) is 0 Å². The highest BCUT2D eigenvalue weighted by atomic mass is 35.5. The quantitative estimate of drug-likeness (QED) is 0.475. The summed E-state index contributed by atoms with van der Waals surface area (Å²) < 4.78 is 10.9. The highest BCUT2D eigenvalue weighted by Gasteiger charge is 2.18. The monoisotopic (exact) mass is 457 g/mol. The van der Waals surface area contributed by atoms with E-state index in [1.165, 1.54) is 11.8 Å². The number of rotatable bonds is 8. The number of hydrogen-bond acceptors (Lipinski definition) is 5. The molecule has 1 aromatic heterocycles. The topological polar surface area (TPSA) is 76.2 Å². The van der Waals surface area contributed by atoms with Gasteiger partial charge in [-0.1, -0.05) is 47.6 Å². The molecule has 1 atom stereocenters. The number of nitrogens with one attached hydrogen (secondary N) is 2. The summed E-state index contributed by atoms with van der Waals surface area (Å²) in [5, 5.41) is 4.38. The van der Waals surface area contributed by atoms with E-state index in [4.69, 9.17) is 26.1 Å². The predicted molar refractivity (Wildman–Crippen MR) is 124 cm³/mol. The van der Waals surface area contributed by atoms with Crippen LogP contribution in [-0.4, -0.2) is 48.0 Å². The van der Waals surface area contributed by atoms with Crippen molar-refractivity contribution in [3.63, 3.8) is 0 Å². The molecule has 0 saturated carbocycles. The van der Waals surface area contributed by atoms with Crippen molar-refractivity contribution in [1.29, 1.82) is 0 Å². The van der Waals surface area contributed by atoms with E-state index in [1.807, 2.05) is 48.5 Å². The van der Waals surface area contributed by atoms with Gasteiger partial charge in [0.05, 0.1) is 24.7 Å². The Bertz CT molecular complexity index is 1030. The smallest absolute Gasteiger partial charge is 0.230 e. The fraction of sp³-hybridized carbons (Fsp3) is 0.304. The van der Waals surface area contributed by atoms with Gasteiger partial charge in [0.2, 0.25) is 5.91 Å². The number of carbonyl (C=O) groups is 1. The first kappa shape index (κ1) is 21.7. The van der Waals surface area contributed by atoms with Gasteiger partial charge >= 0.3 is 0 Å². The summed E-state index contributed by atoms with van der Waals surface area (Å²) in [4.78, 5) is 20.5. The molecule has 0 radical (unpaired) electrons. The Labute approximate surface area is 190 Å². The maximum absolute atomic E-state index is 12.4. The van der Waals surface area contributed by atoms with E-state index in [1.54, 1.807) is 7.11 Å². The lowest BCUT2D eigenvalue weighted by atomic mass is 10.2. The summed E-state index contributed by atoms with van der Waals surface area (Å²) in [5.74, 6) is 1.71. The number of hydrogen-bond donors (Lipinski definition) is 2. The molecule has 4 rings (SSSR count). The second-order valence-electron chi connectivity index (χ2n) is 7.23. The Balaban J connectivity index is 1.53. The van der Waals surface area contributed by atoms with Gasteiger partial charge in [-0.25, -0.2) is 4.98 Å². The predicted octanol–water partition coefficient (Wildman–Crippen LogP) is 4.79. The molecule has 3 aromatic rings. The number of H-pyrrole nitrogens is 1. The molecule has 1 aliphatic rings. The van der Waals surface area contributed by atoms with Gasteiger partial charge in [-0.3, -0.25) is 4.79 Å². The van der Waals surface area contributed by atoms with E-state index >= 15 is 0 Å². The molecule has 162 valence electrons. The summed E-state index contributed by atoms with van der Waals surface area (Å²) in [6.45, 7) is 1.33. The van der Waals surface area contributed by atoms with Crippen molar-refractivity contribution in [1.82, 2.24) is 15.3 Å². The third-order valence-electron chi connectivity index (χ3n) is 5.04. The van der Waals surface area contributed by atoms with Gasteiger partial charge in [0.1, 0.15) is 16.6 Å². The average molecular weight is 458 g/mol. The first-order valence-electron chi connectivity index (χ1n) is 10.1. The second-order valence-corrected chi connectivity index (χ2v) is 8.63. The maximum Gasteiger partial charge on any atom is 0.230 e. The molecular formula is C23H24ClN3O3S. The SMILES string of the molecule is COc1cccc(-c2nc(SCC(=O)NC[C@@H]3CCCO3)c(-c3ccc(Cl)cc3)[nH]2)c1. The van der Waals surface area contributed by atoms with Crippen LogP contribution >= 0.6 is 23.4 Å². The van der Waals surface area contributed by atoms with Gasteiger partial charge in [0.25, 0.3) is 0 Å². The third kappa shape index (κ3) is 5.61. The molecule has 2 aromatic carbocycles. The molecule has 1 aliphatic heterocycles. The molecule has 1 saturated heterocycles. The molecular weight excluding hydrogens is 434 g/mol. The molecule has 2 N–H and O–H groups in total. The standard InChI is InChI=1S/C23H24ClN3O3S/c1-29-18-5-2-4-16(12-18)22-26-21(15-7-9-17(24)10-8-15)23(27-22)31-14-20(28)25-13-19-6-3-11-30-19/h2,4-5,7-10,12,19H,3,6,11,13-14H2,1H3,(H,25,28)(H,26,27)/t19-/m0/s1. The zero-order chi connectivity index (χ0) is 21.6. The molecule has 1 amide bonds. The van der Waals surface area contributed by atoms with E-state index in [9.17, 15) is 4.79 Å². The van der Waals surface area contributed by atoms with Gasteiger partial charge in [-0.15, -0.1) is 0 Å². The number of amides is 1. The fourth-order valence-electron chi connectivity index (χ4n) is 3.40. The Morgan fingerprint density at radius 3 is 2.87 bits per heavy atom. The lowest BCUT2D eigenvalue weighted by molar-refractivity contribution is -0.119. The minimum atomic E-state index is -0.0338. The van der Waals surface area contributed by atoms with Crippen LogP contribution in [0.3, 0.4) is 0 Å². The first-order valence-corrected chi connectivity index (χ1v) is 11.5. The van der Waals surface area contributed by atoms with Crippen molar-refractivity contribution in [3.8, 4) is 28.4 Å². The molecule has 0 unspecified atom stereocenters. The molecule has 2 heterocycles. The van der Waals surface area contributed by atoms with E-state index < -0.39 is 0 Å². The highest BCUT2D eigenvalue weighted by molar-refractivity contribution is 8.00. The minimum absolute atomic E-state index is 0.0338. The van der Waals surface area contributed by atoms with Crippen LogP contribution in [-0.2, 0) is 9.53 Å². The highest BCUT2D eigenvalue weighted by Crippen LogP contribution is 2.33. The summed E-state index contributed by atoms with van der Waals surface area (Å²) in [5.41, 5.74) is 2.71. The van der Waals surface area contributed by atoms with Crippen molar-refractivity contribution < 1.29 is 14.3 Å². The molecule has 31 heavy (non-hydrogen) atoms. The second kappa shape index (κ2) is 10.2. The molecule has 0 bridgehead atoms. The number of thioether (sulfide) groups is 1. The van der Waals surface area contributed by atoms with E-state index in [-0.39, 0.29) is 17.8 Å². The number of imidazole rings is 1. The summed E-state index contributed by atoms with van der Waals surface area (Å²) in [6, 6.07) is 15.3. The van der Waals surface area contributed by atoms with Gasteiger partial charge in [-0.05, 0) is 37.1 Å². The number of aromatic amines is 1. The fourth-order valence-corrected chi connectivity index (χ4v) is 4.36. The molecule has 8 heteroatoms. The Kier molecular flexibility index (Phi) is 7.17. The number of carbonyl (C=O) groups excluding carboxylic acids is 1. The van der Waals surface area contributed by atoms with Crippen molar-refractivity contribution in [2.24, 2.45) is 0 Å². The van der Waals surface area contributed by atoms with Gasteiger partial charge in [0.15, 0.2) is 0 Å². The van der Waals surface area contributed by atoms with Gasteiger partial charge in [0, 0.05) is 29.3 Å². The number of nitrogens with zero attached hydrogens (tertiary/aromatic N) is 1. The summed E-state index contributed by atoms with van der Waals surface area (Å²) in [6.07, 6.45) is 2.18. The van der Waals surface area contributed by atoms with Crippen molar-refractivity contribution in [3.05, 3.63) is 53.6 Å². The molecule has 6 nitrogen and oxygen atoms in total. The van der Waals surface area contributed by atoms with Crippen LogP contribution in [0.2, 0.25) is 5.02 Å². The molecule has 0 spiro atoms. The number of methoxy groups -OCH3 is 1. The van der Waals surface area contributed by atoms with Crippen molar-refractivity contribution in [2.75, 3.05) is 26.0 Å². The first-order chi connectivity index (χ1) is 15.1. The normalized spacial score (nSPS) is 15.7. The Morgan fingerprint density at radius 2 is 2.13 bits per heavy atom. The van der Waals surface area contributed by atoms with Gasteiger partial charge < -0.3 is 19.8 Å². The van der Waals surface area contributed by atoms with Crippen molar-refractivity contribution in [2.45, 2.75) is 24.0 Å². The zero-order valence-electron chi connectivity index (χ0n) is 17.2. The number of aromatic nitrogens is 2.